The molecule has 2 aromatic carbocycles. The summed E-state index contributed by atoms with van der Waals surface area (Å²) in [6, 6.07) is 10.3. The quantitative estimate of drug-likeness (QED) is 0.879. The van der Waals surface area contributed by atoms with Gasteiger partial charge in [0.1, 0.15) is 5.82 Å². The van der Waals surface area contributed by atoms with Crippen molar-refractivity contribution in [2.24, 2.45) is 0 Å². The molecule has 112 valence electrons. The lowest BCUT2D eigenvalue weighted by Crippen LogP contribution is -2.08. The Morgan fingerprint density at radius 1 is 1.05 bits per heavy atom. The van der Waals surface area contributed by atoms with Crippen LogP contribution in [-0.2, 0) is 6.42 Å². The Kier molecular flexibility index (Phi) is 3.57. The van der Waals surface area contributed by atoms with Crippen LogP contribution in [0.5, 0.6) is 0 Å². The molecule has 1 aliphatic rings. The van der Waals surface area contributed by atoms with Gasteiger partial charge in [-0.05, 0) is 67.2 Å². The van der Waals surface area contributed by atoms with Gasteiger partial charge in [0.15, 0.2) is 0 Å². The molecule has 22 heavy (non-hydrogen) atoms. The topological polar surface area (TPSA) is 37.3 Å². The Morgan fingerprint density at radius 2 is 1.82 bits per heavy atom. The lowest BCUT2D eigenvalue weighted by Gasteiger charge is -2.23. The molecular formula is C19H17FO2. The average Bonchev–Trinajstić information content (AvgIpc) is 2.47. The van der Waals surface area contributed by atoms with E-state index in [-0.39, 0.29) is 11.4 Å². The molecule has 0 saturated carbocycles. The van der Waals surface area contributed by atoms with Crippen molar-refractivity contribution in [3.8, 4) is 0 Å². The third kappa shape index (κ3) is 2.43. The summed E-state index contributed by atoms with van der Waals surface area (Å²) in [5.74, 6) is -1.22. The molecular weight excluding hydrogens is 279 g/mol. The van der Waals surface area contributed by atoms with Gasteiger partial charge < -0.3 is 5.11 Å². The number of hydrogen-bond acceptors (Lipinski definition) is 1. The van der Waals surface area contributed by atoms with Gasteiger partial charge in [0, 0.05) is 5.56 Å². The molecule has 3 heteroatoms. The predicted octanol–water partition coefficient (Wildman–Crippen LogP) is 4.60. The zero-order chi connectivity index (χ0) is 15.9. The van der Waals surface area contributed by atoms with Crippen LogP contribution in [0.15, 0.2) is 42.0 Å². The highest BCUT2D eigenvalue weighted by molar-refractivity contribution is 5.92. The van der Waals surface area contributed by atoms with Gasteiger partial charge in [-0.15, -0.1) is 0 Å². The Bertz CT molecular complexity index is 803. The van der Waals surface area contributed by atoms with Crippen molar-refractivity contribution < 1.29 is 14.3 Å². The summed E-state index contributed by atoms with van der Waals surface area (Å²) in [4.78, 5) is 11.2. The molecule has 0 aromatic heterocycles. The number of hydrogen-bond donors (Lipinski definition) is 1. The maximum absolute atomic E-state index is 14.4. The first-order chi connectivity index (χ1) is 10.5. The minimum atomic E-state index is -0.963. The van der Waals surface area contributed by atoms with Crippen LogP contribution in [-0.4, -0.2) is 11.1 Å². The van der Waals surface area contributed by atoms with Gasteiger partial charge in [-0.2, -0.15) is 0 Å². The fourth-order valence-corrected chi connectivity index (χ4v) is 3.04. The van der Waals surface area contributed by atoms with E-state index in [9.17, 15) is 14.3 Å². The highest BCUT2D eigenvalue weighted by Crippen LogP contribution is 2.37. The summed E-state index contributed by atoms with van der Waals surface area (Å²) >= 11 is 0. The lowest BCUT2D eigenvalue weighted by molar-refractivity contribution is 0.0697. The molecule has 1 N–H and O–H groups in total. The van der Waals surface area contributed by atoms with E-state index >= 15 is 0 Å². The number of carbonyl (C=O) groups is 1. The molecule has 0 heterocycles. The van der Waals surface area contributed by atoms with Gasteiger partial charge >= 0.3 is 5.97 Å². The Labute approximate surface area is 128 Å². The van der Waals surface area contributed by atoms with E-state index in [0.717, 1.165) is 40.7 Å². The molecule has 3 rings (SSSR count). The van der Waals surface area contributed by atoms with Crippen LogP contribution in [0.2, 0.25) is 0 Å². The second kappa shape index (κ2) is 5.41. The smallest absolute Gasteiger partial charge is 0.335 e. The van der Waals surface area contributed by atoms with Crippen LogP contribution >= 0.6 is 0 Å². The molecule has 2 nitrogen and oxygen atoms in total. The largest absolute Gasteiger partial charge is 0.478 e. The Hall–Kier alpha value is -2.42. The monoisotopic (exact) mass is 296 g/mol. The van der Waals surface area contributed by atoms with Gasteiger partial charge in [0.05, 0.1) is 5.56 Å². The number of aromatic carboxylic acids is 1. The van der Waals surface area contributed by atoms with Crippen LogP contribution in [0.4, 0.5) is 4.39 Å². The second-order valence-electron chi connectivity index (χ2n) is 5.82. The summed E-state index contributed by atoms with van der Waals surface area (Å²) in [7, 11) is 0. The fourth-order valence-electron chi connectivity index (χ4n) is 3.04. The maximum atomic E-state index is 14.4. The molecule has 0 amide bonds. The van der Waals surface area contributed by atoms with Crippen LogP contribution in [0.1, 0.15) is 46.0 Å². The van der Waals surface area contributed by atoms with E-state index in [2.05, 4.69) is 0 Å². The van der Waals surface area contributed by atoms with Gasteiger partial charge in [-0.25, -0.2) is 9.18 Å². The number of benzene rings is 2. The van der Waals surface area contributed by atoms with Crippen molar-refractivity contribution in [3.63, 3.8) is 0 Å². The Morgan fingerprint density at radius 3 is 2.50 bits per heavy atom. The molecule has 0 radical (unpaired) electrons. The van der Waals surface area contributed by atoms with Gasteiger partial charge in [-0.3, -0.25) is 0 Å². The molecule has 0 saturated heterocycles. The highest BCUT2D eigenvalue weighted by Gasteiger charge is 2.21. The van der Waals surface area contributed by atoms with Crippen molar-refractivity contribution in [2.45, 2.75) is 26.7 Å². The summed E-state index contributed by atoms with van der Waals surface area (Å²) in [5.41, 5.74) is 5.50. The van der Waals surface area contributed by atoms with Crippen molar-refractivity contribution in [1.82, 2.24) is 0 Å². The molecule has 0 aliphatic heterocycles. The zero-order valence-electron chi connectivity index (χ0n) is 12.6. The Balaban J connectivity index is 2.23. The number of carboxylic acid groups (broad SMARTS) is 1. The minimum Gasteiger partial charge on any atom is -0.478 e. The summed E-state index contributed by atoms with van der Waals surface area (Å²) in [5, 5.41) is 9.21. The van der Waals surface area contributed by atoms with Crippen molar-refractivity contribution in [2.75, 3.05) is 0 Å². The fraction of sp³-hybridized carbons (Fsp3) is 0.211. The van der Waals surface area contributed by atoms with Gasteiger partial charge in [0.25, 0.3) is 0 Å². The third-order valence-electron chi connectivity index (χ3n) is 4.22. The molecule has 0 unspecified atom stereocenters. The molecule has 2 aromatic rings. The number of carboxylic acids is 1. The minimum absolute atomic E-state index is 0.235. The maximum Gasteiger partial charge on any atom is 0.335 e. The first kappa shape index (κ1) is 14.5. The zero-order valence-corrected chi connectivity index (χ0v) is 12.6. The van der Waals surface area contributed by atoms with E-state index in [1.54, 1.807) is 18.2 Å². The van der Waals surface area contributed by atoms with Crippen LogP contribution < -0.4 is 0 Å². The highest BCUT2D eigenvalue weighted by atomic mass is 19.1. The summed E-state index contributed by atoms with van der Waals surface area (Å²) in [6.45, 7) is 3.84. The molecule has 1 aliphatic carbocycles. The van der Waals surface area contributed by atoms with Crippen LogP contribution in [0, 0.1) is 12.7 Å². The van der Waals surface area contributed by atoms with E-state index in [4.69, 9.17) is 0 Å². The van der Waals surface area contributed by atoms with E-state index in [0.29, 0.717) is 5.56 Å². The third-order valence-corrected chi connectivity index (χ3v) is 4.22. The number of halogens is 1. The summed E-state index contributed by atoms with van der Waals surface area (Å²) < 4.78 is 14.4. The standard InChI is InChI=1S/C19H17FO2/c1-11-3-8-15(17(20)9-11)18-12(2)4-5-13-6-7-14(19(21)22)10-16(13)18/h3,6-10H,4-5H2,1-2H3,(H,21,22). The summed E-state index contributed by atoms with van der Waals surface area (Å²) in [6.07, 6.45) is 1.72. The SMILES string of the molecule is CC1=C(c2ccc(C)cc2F)c2cc(C(=O)O)ccc2CC1. The van der Waals surface area contributed by atoms with E-state index in [1.807, 2.05) is 26.0 Å². The van der Waals surface area contributed by atoms with E-state index < -0.39 is 5.97 Å². The second-order valence-corrected chi connectivity index (χ2v) is 5.82. The van der Waals surface area contributed by atoms with Crippen LogP contribution in [0.3, 0.4) is 0 Å². The first-order valence-electron chi connectivity index (χ1n) is 7.30. The number of aryl methyl sites for hydroxylation is 2. The number of rotatable bonds is 2. The van der Waals surface area contributed by atoms with Crippen LogP contribution in [0.25, 0.3) is 5.57 Å². The number of fused-ring (bicyclic) bond motifs is 1. The predicted molar refractivity (Wildman–Crippen MR) is 84.6 cm³/mol. The van der Waals surface area contributed by atoms with Crippen molar-refractivity contribution in [3.05, 3.63) is 75.6 Å². The van der Waals surface area contributed by atoms with Gasteiger partial charge in [0.2, 0.25) is 0 Å². The van der Waals surface area contributed by atoms with Gasteiger partial charge in [-0.1, -0.05) is 23.8 Å². The average molecular weight is 296 g/mol. The first-order valence-corrected chi connectivity index (χ1v) is 7.30. The van der Waals surface area contributed by atoms with E-state index in [1.165, 1.54) is 6.07 Å². The van der Waals surface area contributed by atoms with Crippen molar-refractivity contribution >= 4 is 11.5 Å². The molecule has 0 fully saturated rings. The molecule has 0 atom stereocenters. The van der Waals surface area contributed by atoms with Crippen molar-refractivity contribution in [1.29, 1.82) is 0 Å². The molecule has 0 bridgehead atoms. The molecule has 0 spiro atoms. The number of allylic oxidation sites excluding steroid dienone is 1. The lowest BCUT2D eigenvalue weighted by atomic mass is 9.81. The normalized spacial score (nSPS) is 14.0.